The van der Waals surface area contributed by atoms with Crippen LogP contribution in [0.2, 0.25) is 0 Å². The number of hydrogen-bond donors (Lipinski definition) is 1. The number of nitrogens with zero attached hydrogens (tertiary/aromatic N) is 3. The summed E-state index contributed by atoms with van der Waals surface area (Å²) in [7, 11) is 0. The van der Waals surface area contributed by atoms with Gasteiger partial charge in [0.05, 0.1) is 27.6 Å². The third-order valence-electron chi connectivity index (χ3n) is 12.9. The summed E-state index contributed by atoms with van der Waals surface area (Å²) in [5, 5.41) is 7.45. The normalized spacial score (nSPS) is 19.1. The lowest BCUT2D eigenvalue weighted by Crippen LogP contribution is -3.15. The third kappa shape index (κ3) is 5.30. The van der Waals surface area contributed by atoms with Crippen molar-refractivity contribution in [2.24, 2.45) is 4.99 Å². The second-order valence-corrected chi connectivity index (χ2v) is 16.3. The predicted octanol–water partition coefficient (Wildman–Crippen LogP) is 12.6. The Hall–Kier alpha value is -7.27. The molecule has 4 nitrogen and oxygen atoms in total. The molecule has 3 heterocycles. The zero-order chi connectivity index (χ0) is 39.1. The molecule has 4 heteroatoms. The van der Waals surface area contributed by atoms with Gasteiger partial charge in [-0.05, 0) is 76.3 Å². The lowest BCUT2D eigenvalue weighted by atomic mass is 9.76. The number of hydrogen-bond acceptors (Lipinski definition) is 1. The van der Waals surface area contributed by atoms with Crippen LogP contribution >= 0.6 is 0 Å². The van der Waals surface area contributed by atoms with Crippen molar-refractivity contribution in [1.82, 2.24) is 9.13 Å². The lowest BCUT2D eigenvalue weighted by Gasteiger charge is -2.37. The van der Waals surface area contributed by atoms with Gasteiger partial charge in [0.1, 0.15) is 5.69 Å². The summed E-state index contributed by atoms with van der Waals surface area (Å²) < 4.78 is 4.94. The van der Waals surface area contributed by atoms with Gasteiger partial charge < -0.3 is 4.57 Å². The Kier molecular flexibility index (Phi) is 7.53. The fraction of sp³-hybridized carbons (Fsp3) is 0.0727. The fourth-order valence-corrected chi connectivity index (χ4v) is 9.78. The first-order chi connectivity index (χ1) is 29.1. The Labute approximate surface area is 342 Å². The zero-order valence-electron chi connectivity index (χ0n) is 32.8. The summed E-state index contributed by atoms with van der Waals surface area (Å²) in [5.74, 6) is 1.07. The first-order valence-electron chi connectivity index (χ1n) is 20.6. The van der Waals surface area contributed by atoms with Crippen LogP contribution in [0, 0.1) is 0 Å². The van der Waals surface area contributed by atoms with Crippen LogP contribution < -0.4 is 4.90 Å². The van der Waals surface area contributed by atoms with Crippen molar-refractivity contribution in [2.75, 3.05) is 0 Å². The number of allylic oxidation sites excluding steroid dienone is 2. The second kappa shape index (κ2) is 13.1. The van der Waals surface area contributed by atoms with Gasteiger partial charge >= 0.3 is 0 Å². The van der Waals surface area contributed by atoms with Gasteiger partial charge in [-0.3, -0.25) is 4.57 Å². The Morgan fingerprint density at radius 1 is 0.542 bits per heavy atom. The largest absolute Gasteiger partial charge is 0.309 e. The molecule has 2 aliphatic rings. The zero-order valence-corrected chi connectivity index (χ0v) is 32.8. The van der Waals surface area contributed by atoms with Crippen molar-refractivity contribution in [2.45, 2.75) is 25.0 Å². The molecule has 12 rings (SSSR count). The molecule has 0 spiro atoms. The van der Waals surface area contributed by atoms with Crippen molar-refractivity contribution in [3.63, 3.8) is 0 Å². The van der Waals surface area contributed by atoms with Crippen LogP contribution in [-0.2, 0) is 5.41 Å². The average Bonchev–Trinajstić information content (AvgIpc) is 3.78. The molecule has 0 amide bonds. The van der Waals surface area contributed by atoms with E-state index in [0.717, 1.165) is 17.9 Å². The van der Waals surface area contributed by atoms with Gasteiger partial charge in [-0.2, -0.15) is 4.99 Å². The molecule has 3 atom stereocenters. The summed E-state index contributed by atoms with van der Waals surface area (Å²) in [5.41, 5.74) is 12.0. The van der Waals surface area contributed by atoms with Crippen molar-refractivity contribution in [1.29, 1.82) is 0 Å². The van der Waals surface area contributed by atoms with Crippen LogP contribution in [0.5, 0.6) is 0 Å². The van der Waals surface area contributed by atoms with Crippen LogP contribution in [0.15, 0.2) is 217 Å². The minimum atomic E-state index is -0.234. The predicted molar refractivity (Wildman–Crippen MR) is 246 cm³/mol. The van der Waals surface area contributed by atoms with E-state index < -0.39 is 0 Å². The van der Waals surface area contributed by atoms with Gasteiger partial charge in [-0.25, -0.2) is 4.90 Å². The van der Waals surface area contributed by atoms with Crippen molar-refractivity contribution < 1.29 is 4.90 Å². The second-order valence-electron chi connectivity index (χ2n) is 16.3. The van der Waals surface area contributed by atoms with E-state index in [1.54, 1.807) is 0 Å². The number of para-hydroxylation sites is 2. The minimum Gasteiger partial charge on any atom is -0.309 e. The standard InChI is InChI=1S/C55H40N4/c1-55(42-20-6-3-7-21-42)31-29-38(30-32-55)53-56-54(58(53)43-22-14-19-39(33-43)37-15-4-2-5-16-37)59-51-35-41-18-9-8-17-40(41)34-48(51)47-28-27-44(36-52(47)59)57-49-25-12-10-23-45(49)46-24-11-13-26-50(46)57/h2-31,33-36,54H,32H2,1H3/p+1. The van der Waals surface area contributed by atoms with Gasteiger partial charge in [-0.15, -0.1) is 0 Å². The highest BCUT2D eigenvalue weighted by atomic mass is 15.5. The van der Waals surface area contributed by atoms with Gasteiger partial charge in [0, 0.05) is 38.7 Å². The Balaban J connectivity index is 1.09. The van der Waals surface area contributed by atoms with E-state index in [0.29, 0.717) is 0 Å². The van der Waals surface area contributed by atoms with Crippen molar-refractivity contribution in [3.05, 3.63) is 217 Å². The highest BCUT2D eigenvalue weighted by Crippen LogP contribution is 2.40. The van der Waals surface area contributed by atoms with Crippen LogP contribution in [-0.4, -0.2) is 15.0 Å². The molecule has 59 heavy (non-hydrogen) atoms. The quantitative estimate of drug-likeness (QED) is 0.175. The maximum Gasteiger partial charge on any atom is 0.282 e. The topological polar surface area (TPSA) is 26.7 Å². The molecule has 8 aromatic carbocycles. The number of quaternary nitrogens is 1. The Morgan fingerprint density at radius 3 is 1.90 bits per heavy atom. The monoisotopic (exact) mass is 757 g/mol. The van der Waals surface area contributed by atoms with Crippen LogP contribution in [0.4, 0.5) is 5.69 Å². The van der Waals surface area contributed by atoms with Crippen LogP contribution in [0.25, 0.3) is 71.2 Å². The van der Waals surface area contributed by atoms with E-state index in [-0.39, 0.29) is 11.7 Å². The van der Waals surface area contributed by atoms with E-state index in [4.69, 9.17) is 4.99 Å². The van der Waals surface area contributed by atoms with E-state index >= 15 is 0 Å². The summed E-state index contributed by atoms with van der Waals surface area (Å²) in [4.78, 5) is 6.90. The molecule has 2 aromatic heterocycles. The first kappa shape index (κ1) is 33.8. The minimum absolute atomic E-state index is 0.0705. The molecule has 0 bridgehead atoms. The molecule has 10 aromatic rings. The number of benzene rings is 8. The summed E-state index contributed by atoms with van der Waals surface area (Å²) in [6.07, 6.45) is 7.78. The van der Waals surface area contributed by atoms with Gasteiger partial charge in [-0.1, -0.05) is 165 Å². The van der Waals surface area contributed by atoms with E-state index in [1.165, 1.54) is 87.2 Å². The molecule has 0 radical (unpaired) electrons. The SMILES string of the molecule is CC1(c2ccccc2)C=CC(C2=NC(n3c4cc(-n5c6ccccc6c6ccccc65)ccc4c4cc5ccccc5cc43)[NH+]2c2cccc(-c3ccccc3)c2)=CC1. The highest BCUT2D eigenvalue weighted by Gasteiger charge is 2.44. The number of nitrogens with one attached hydrogen (secondary N) is 1. The number of amidine groups is 1. The molecular weight excluding hydrogens is 717 g/mol. The number of aromatic nitrogens is 2. The Morgan fingerprint density at radius 2 is 1.17 bits per heavy atom. The molecule has 0 saturated carbocycles. The van der Waals surface area contributed by atoms with E-state index in [9.17, 15) is 0 Å². The molecular formula is C55H41N4+. The highest BCUT2D eigenvalue weighted by molar-refractivity contribution is 6.14. The molecule has 0 saturated heterocycles. The van der Waals surface area contributed by atoms with Gasteiger partial charge in [0.2, 0.25) is 5.84 Å². The van der Waals surface area contributed by atoms with E-state index in [1.807, 2.05) is 0 Å². The lowest BCUT2D eigenvalue weighted by molar-refractivity contribution is -0.805. The molecule has 3 unspecified atom stereocenters. The average molecular weight is 758 g/mol. The maximum absolute atomic E-state index is 5.66. The third-order valence-corrected chi connectivity index (χ3v) is 12.9. The van der Waals surface area contributed by atoms with Crippen LogP contribution in [0.3, 0.4) is 0 Å². The van der Waals surface area contributed by atoms with Gasteiger partial charge in [0.15, 0.2) is 0 Å². The fourth-order valence-electron chi connectivity index (χ4n) is 9.78. The van der Waals surface area contributed by atoms with Crippen molar-refractivity contribution >= 4 is 65.9 Å². The smallest absolute Gasteiger partial charge is 0.282 e. The summed E-state index contributed by atoms with van der Waals surface area (Å²) in [6.45, 7) is 2.34. The number of fused-ring (bicyclic) bond motifs is 7. The van der Waals surface area contributed by atoms with E-state index in [2.05, 4.69) is 222 Å². The molecule has 280 valence electrons. The number of rotatable bonds is 6. The molecule has 1 aliphatic heterocycles. The number of aliphatic imine (C=N–C) groups is 1. The Bertz CT molecular complexity index is 3330. The summed E-state index contributed by atoms with van der Waals surface area (Å²) >= 11 is 0. The maximum atomic E-state index is 5.66. The van der Waals surface area contributed by atoms with Crippen LogP contribution in [0.1, 0.15) is 25.2 Å². The van der Waals surface area contributed by atoms with Gasteiger partial charge in [0.25, 0.3) is 6.29 Å². The molecule has 1 N–H and O–H groups in total. The summed E-state index contributed by atoms with van der Waals surface area (Å²) in [6, 6.07) is 68.7. The molecule has 1 aliphatic carbocycles. The first-order valence-corrected chi connectivity index (χ1v) is 20.6. The molecule has 0 fully saturated rings. The van der Waals surface area contributed by atoms with Crippen molar-refractivity contribution in [3.8, 4) is 16.8 Å².